The Kier molecular flexibility index (Phi) is 19.3. The van der Waals surface area contributed by atoms with Crippen molar-refractivity contribution in [2.24, 2.45) is 0 Å². The molecule has 1 aromatic heterocycles. The van der Waals surface area contributed by atoms with Crippen molar-refractivity contribution in [2.45, 2.75) is 33.3 Å². The molecule has 0 aliphatic heterocycles. The largest absolute Gasteiger partial charge is 0.497 e. The summed E-state index contributed by atoms with van der Waals surface area (Å²) >= 11 is 1.56. The summed E-state index contributed by atoms with van der Waals surface area (Å²) in [5, 5.41) is 0.946. The van der Waals surface area contributed by atoms with Crippen LogP contribution in [0.25, 0.3) is 15.7 Å². The van der Waals surface area contributed by atoms with Crippen LogP contribution in [0.2, 0.25) is 0 Å². The molecule has 0 radical (unpaired) electrons. The highest BCUT2D eigenvalue weighted by Crippen LogP contribution is 2.45. The molecule has 10 heteroatoms. The molecule has 0 bridgehead atoms. The van der Waals surface area contributed by atoms with Crippen LogP contribution in [0.1, 0.15) is 32.6 Å². The minimum atomic E-state index is -0.510. The van der Waals surface area contributed by atoms with Crippen LogP contribution in [-0.2, 0) is 23.7 Å². The number of halogens is 1. The minimum Gasteiger partial charge on any atom is -0.497 e. The van der Waals surface area contributed by atoms with Gasteiger partial charge in [0.25, 0.3) is 0 Å². The third-order valence-corrected chi connectivity index (χ3v) is 6.87. The number of benzene rings is 2. The Morgan fingerprint density at radius 3 is 2.02 bits per heavy atom. The van der Waals surface area contributed by atoms with Gasteiger partial charge in [0.05, 0.1) is 37.4 Å². The van der Waals surface area contributed by atoms with Crippen molar-refractivity contribution in [1.82, 2.24) is 0 Å². The van der Waals surface area contributed by atoms with Crippen LogP contribution < -0.4 is 14.2 Å². The molecule has 0 fully saturated rings. The van der Waals surface area contributed by atoms with E-state index in [0.29, 0.717) is 44.2 Å². The van der Waals surface area contributed by atoms with E-state index in [4.69, 9.17) is 28.4 Å². The zero-order chi connectivity index (χ0) is 33.7. The highest BCUT2D eigenvalue weighted by Gasteiger charge is 2.17. The smallest absolute Gasteiger partial charge is 0.153 e. The van der Waals surface area contributed by atoms with E-state index in [2.05, 4.69) is 11.3 Å². The minimum absolute atomic E-state index is 0.0417. The van der Waals surface area contributed by atoms with E-state index >= 15 is 0 Å². The van der Waals surface area contributed by atoms with Crippen LogP contribution in [0.4, 0.5) is 4.39 Å². The number of ether oxygens (including phenoxy) is 7. The maximum Gasteiger partial charge on any atom is 0.153 e. The van der Waals surface area contributed by atoms with Crippen LogP contribution >= 0.6 is 11.3 Å². The molecular formula is C35H47FO8S. The standard InChI is InChI=1S/C27H29FO5S.C5H12O.C3H6O2/c1-5-20(7-6-19(2)28)27-26(24-13-12-23(30-4)18-25(24)34-27)33-22-10-8-21(9-11-22)32-17-16-31-15-14-29-3;1-5(2,3)6-4;1-5-3-2-4/h5-13,18H,2,14-17H2,1,3-4H3;1-4H3;2H,3H2,1H3/b7-6-,20-5+;;. The molecule has 0 spiro atoms. The van der Waals surface area contributed by atoms with Gasteiger partial charge in [-0.1, -0.05) is 18.7 Å². The molecule has 248 valence electrons. The Morgan fingerprint density at radius 1 is 0.889 bits per heavy atom. The zero-order valence-corrected chi connectivity index (χ0v) is 28.5. The molecule has 8 nitrogen and oxygen atoms in total. The lowest BCUT2D eigenvalue weighted by Crippen LogP contribution is -2.15. The maximum absolute atomic E-state index is 13.3. The van der Waals surface area contributed by atoms with Crippen LogP contribution in [0.15, 0.2) is 73.1 Å². The third-order valence-electron chi connectivity index (χ3n) is 5.69. The number of rotatable bonds is 15. The highest BCUT2D eigenvalue weighted by atomic mass is 32.1. The summed E-state index contributed by atoms with van der Waals surface area (Å²) in [5.41, 5.74) is 0.877. The van der Waals surface area contributed by atoms with Gasteiger partial charge in [0, 0.05) is 31.4 Å². The number of carbonyl (C=O) groups excluding carboxylic acids is 1. The van der Waals surface area contributed by atoms with Crippen molar-refractivity contribution >= 4 is 33.3 Å². The van der Waals surface area contributed by atoms with Gasteiger partial charge in [-0.25, -0.2) is 4.39 Å². The third kappa shape index (κ3) is 15.8. The molecule has 0 saturated heterocycles. The number of methoxy groups -OCH3 is 4. The summed E-state index contributed by atoms with van der Waals surface area (Å²) < 4.78 is 51.3. The summed E-state index contributed by atoms with van der Waals surface area (Å²) in [5.74, 6) is 2.33. The molecule has 1 heterocycles. The first-order valence-electron chi connectivity index (χ1n) is 14.3. The number of fused-ring (bicyclic) bond motifs is 1. The Morgan fingerprint density at radius 2 is 1.51 bits per heavy atom. The number of hydrogen-bond donors (Lipinski definition) is 0. The Labute approximate surface area is 271 Å². The van der Waals surface area contributed by atoms with Crippen molar-refractivity contribution in [3.63, 3.8) is 0 Å². The van der Waals surface area contributed by atoms with Crippen molar-refractivity contribution in [3.8, 4) is 23.0 Å². The average Bonchev–Trinajstić information content (AvgIpc) is 3.37. The second-order valence-corrected chi connectivity index (χ2v) is 11.2. The summed E-state index contributed by atoms with van der Waals surface area (Å²) in [4.78, 5) is 10.2. The molecule has 3 rings (SSSR count). The van der Waals surface area contributed by atoms with Gasteiger partial charge >= 0.3 is 0 Å². The van der Waals surface area contributed by atoms with Crippen LogP contribution in [-0.4, -0.2) is 73.4 Å². The van der Waals surface area contributed by atoms with Gasteiger partial charge in [-0.3, -0.25) is 0 Å². The van der Waals surface area contributed by atoms with E-state index in [-0.39, 0.29) is 12.2 Å². The van der Waals surface area contributed by atoms with E-state index in [1.54, 1.807) is 38.7 Å². The van der Waals surface area contributed by atoms with E-state index in [1.165, 1.54) is 13.2 Å². The second kappa shape index (κ2) is 22.0. The van der Waals surface area contributed by atoms with E-state index in [9.17, 15) is 9.18 Å². The monoisotopic (exact) mass is 646 g/mol. The van der Waals surface area contributed by atoms with Crippen molar-refractivity contribution in [3.05, 3.63) is 78.0 Å². The molecule has 0 amide bonds. The SMILES string of the molecule is C=C(F)/C=C\C(=C/C)c1sc2cc(OC)ccc2c1Oc1ccc(OCCOCCOC)cc1.COC(C)(C)C.COCC=O. The van der Waals surface area contributed by atoms with Gasteiger partial charge in [-0.05, 0) is 81.8 Å². The fraction of sp³-hybridized carbons (Fsp3) is 0.400. The first-order chi connectivity index (χ1) is 21.5. The molecule has 0 atom stereocenters. The molecule has 0 aliphatic rings. The fourth-order valence-electron chi connectivity index (χ4n) is 3.21. The zero-order valence-electron chi connectivity index (χ0n) is 27.6. The predicted octanol–water partition coefficient (Wildman–Crippen LogP) is 8.45. The van der Waals surface area contributed by atoms with E-state index in [0.717, 1.165) is 32.0 Å². The molecule has 0 unspecified atom stereocenters. The van der Waals surface area contributed by atoms with Gasteiger partial charge in [0.2, 0.25) is 0 Å². The van der Waals surface area contributed by atoms with Gasteiger partial charge in [-0.15, -0.1) is 11.3 Å². The first kappa shape index (κ1) is 39.5. The number of allylic oxidation sites excluding steroid dienone is 5. The lowest BCUT2D eigenvalue weighted by Gasteiger charge is -2.14. The topological polar surface area (TPSA) is 81.7 Å². The summed E-state index contributed by atoms with van der Waals surface area (Å²) in [6.07, 6.45) is 5.66. The number of carbonyl (C=O) groups is 1. The quantitative estimate of drug-likeness (QED) is 0.0925. The Bertz CT molecular complexity index is 1340. The molecule has 3 aromatic rings. The maximum atomic E-state index is 13.3. The van der Waals surface area contributed by atoms with Crippen molar-refractivity contribution < 1.29 is 42.3 Å². The van der Waals surface area contributed by atoms with Crippen LogP contribution in [0, 0.1) is 0 Å². The molecule has 45 heavy (non-hydrogen) atoms. The second-order valence-electron chi connectivity index (χ2n) is 10.1. The molecule has 0 N–H and O–H groups in total. The summed E-state index contributed by atoms with van der Waals surface area (Å²) in [6.45, 7) is 13.5. The number of aldehydes is 1. The highest BCUT2D eigenvalue weighted by molar-refractivity contribution is 7.20. The molecule has 0 aliphatic carbocycles. The van der Waals surface area contributed by atoms with Crippen LogP contribution in [0.5, 0.6) is 23.0 Å². The van der Waals surface area contributed by atoms with Gasteiger partial charge in [-0.2, -0.15) is 0 Å². The van der Waals surface area contributed by atoms with Crippen molar-refractivity contribution in [1.29, 1.82) is 0 Å². The predicted molar refractivity (Wildman–Crippen MR) is 181 cm³/mol. The lowest BCUT2D eigenvalue weighted by molar-refractivity contribution is -0.110. The van der Waals surface area contributed by atoms with Gasteiger partial charge < -0.3 is 38.0 Å². The van der Waals surface area contributed by atoms with Crippen LogP contribution in [0.3, 0.4) is 0 Å². The fourth-order valence-corrected chi connectivity index (χ4v) is 4.42. The number of thiophene rings is 1. The molecular weight excluding hydrogens is 599 g/mol. The normalized spacial score (nSPS) is 11.4. The Balaban J connectivity index is 0.000000788. The number of hydrogen-bond acceptors (Lipinski definition) is 9. The summed E-state index contributed by atoms with van der Waals surface area (Å²) in [6, 6.07) is 13.2. The Hall–Kier alpha value is -3.54. The first-order valence-corrected chi connectivity index (χ1v) is 15.1. The van der Waals surface area contributed by atoms with Gasteiger partial charge in [0.1, 0.15) is 42.6 Å². The molecule has 0 saturated carbocycles. The van der Waals surface area contributed by atoms with Gasteiger partial charge in [0.15, 0.2) is 5.75 Å². The lowest BCUT2D eigenvalue weighted by atomic mass is 10.1. The average molecular weight is 647 g/mol. The van der Waals surface area contributed by atoms with Crippen molar-refractivity contribution in [2.75, 3.05) is 61.5 Å². The molecule has 2 aromatic carbocycles. The van der Waals surface area contributed by atoms with E-state index in [1.807, 2.05) is 76.2 Å². The van der Waals surface area contributed by atoms with E-state index < -0.39 is 5.83 Å². The summed E-state index contributed by atoms with van der Waals surface area (Å²) in [7, 11) is 6.46.